The lowest BCUT2D eigenvalue weighted by atomic mass is 10.2. The first-order chi connectivity index (χ1) is 8.20. The molecule has 0 aliphatic carbocycles. The highest BCUT2D eigenvalue weighted by molar-refractivity contribution is 9.11. The van der Waals surface area contributed by atoms with Crippen LogP contribution in [0.15, 0.2) is 28.2 Å². The fourth-order valence-electron chi connectivity index (χ4n) is 1.82. The fraction of sp³-hybridized carbons (Fsp3) is 0.385. The summed E-state index contributed by atoms with van der Waals surface area (Å²) >= 11 is 5.30. The molecule has 2 aromatic heterocycles. The van der Waals surface area contributed by atoms with E-state index in [-0.39, 0.29) is 0 Å². The Morgan fingerprint density at radius 3 is 2.82 bits per heavy atom. The molecular formula is C13H17BrN2S. The van der Waals surface area contributed by atoms with E-state index in [2.05, 4.69) is 64.1 Å². The molecule has 92 valence electrons. The summed E-state index contributed by atoms with van der Waals surface area (Å²) in [6, 6.07) is 6.50. The van der Waals surface area contributed by atoms with Gasteiger partial charge in [0.05, 0.1) is 10.3 Å². The summed E-state index contributed by atoms with van der Waals surface area (Å²) in [4.78, 5) is 1.38. The summed E-state index contributed by atoms with van der Waals surface area (Å²) in [5, 5.41) is 3.37. The van der Waals surface area contributed by atoms with Gasteiger partial charge in [-0.2, -0.15) is 0 Å². The third-order valence-corrected chi connectivity index (χ3v) is 4.48. The predicted molar refractivity (Wildman–Crippen MR) is 77.7 cm³/mol. The zero-order valence-corrected chi connectivity index (χ0v) is 12.6. The molecule has 0 saturated heterocycles. The molecule has 2 nitrogen and oxygen atoms in total. The maximum atomic E-state index is 3.50. The molecule has 2 heterocycles. The SMILES string of the molecule is CCNCc1ccn(Cc2ccc(Br)s2)c1C. The number of hydrogen-bond acceptors (Lipinski definition) is 2. The van der Waals surface area contributed by atoms with E-state index in [9.17, 15) is 0 Å². The molecule has 0 aliphatic heterocycles. The van der Waals surface area contributed by atoms with Crippen LogP contribution in [0, 0.1) is 6.92 Å². The molecule has 2 aromatic rings. The van der Waals surface area contributed by atoms with Gasteiger partial charge in [0.1, 0.15) is 0 Å². The highest BCUT2D eigenvalue weighted by atomic mass is 79.9. The fourth-order valence-corrected chi connectivity index (χ4v) is 3.30. The zero-order chi connectivity index (χ0) is 12.3. The molecule has 0 radical (unpaired) electrons. The third-order valence-electron chi connectivity index (χ3n) is 2.87. The van der Waals surface area contributed by atoms with E-state index in [1.165, 1.54) is 19.9 Å². The van der Waals surface area contributed by atoms with Crippen LogP contribution in [0.2, 0.25) is 0 Å². The zero-order valence-electron chi connectivity index (χ0n) is 10.2. The lowest BCUT2D eigenvalue weighted by Crippen LogP contribution is -2.12. The van der Waals surface area contributed by atoms with Crippen molar-refractivity contribution in [2.45, 2.75) is 26.9 Å². The second kappa shape index (κ2) is 5.85. The minimum atomic E-state index is 0.962. The van der Waals surface area contributed by atoms with Crippen molar-refractivity contribution in [1.29, 1.82) is 0 Å². The monoisotopic (exact) mass is 312 g/mol. The van der Waals surface area contributed by atoms with Crippen LogP contribution in [0.25, 0.3) is 0 Å². The average molecular weight is 313 g/mol. The molecule has 1 N–H and O–H groups in total. The Labute approximate surface area is 115 Å². The van der Waals surface area contributed by atoms with Gasteiger partial charge in [0, 0.05) is 23.3 Å². The molecule has 2 rings (SSSR count). The van der Waals surface area contributed by atoms with E-state index in [0.29, 0.717) is 0 Å². The molecule has 0 bridgehead atoms. The number of hydrogen-bond donors (Lipinski definition) is 1. The maximum absolute atomic E-state index is 3.50. The lowest BCUT2D eigenvalue weighted by molar-refractivity contribution is 0.712. The van der Waals surface area contributed by atoms with E-state index >= 15 is 0 Å². The first kappa shape index (κ1) is 12.9. The quantitative estimate of drug-likeness (QED) is 0.889. The molecule has 0 aliphatic rings. The molecule has 4 heteroatoms. The highest BCUT2D eigenvalue weighted by Gasteiger charge is 2.05. The Morgan fingerprint density at radius 2 is 2.18 bits per heavy atom. The summed E-state index contributed by atoms with van der Waals surface area (Å²) in [5.74, 6) is 0. The van der Waals surface area contributed by atoms with Gasteiger partial charge in [-0.3, -0.25) is 0 Å². The van der Waals surface area contributed by atoms with Crippen LogP contribution in [0.5, 0.6) is 0 Å². The second-order valence-electron chi connectivity index (χ2n) is 4.04. The number of nitrogens with zero attached hydrogens (tertiary/aromatic N) is 1. The largest absolute Gasteiger partial charge is 0.346 e. The Hall–Kier alpha value is -0.580. The topological polar surface area (TPSA) is 17.0 Å². The molecule has 0 fully saturated rings. The van der Waals surface area contributed by atoms with Gasteiger partial charge in [-0.25, -0.2) is 0 Å². The van der Waals surface area contributed by atoms with Gasteiger partial charge < -0.3 is 9.88 Å². The van der Waals surface area contributed by atoms with Crippen LogP contribution in [0.4, 0.5) is 0 Å². The van der Waals surface area contributed by atoms with Crippen LogP contribution in [0.1, 0.15) is 23.1 Å². The Kier molecular flexibility index (Phi) is 4.42. The summed E-state index contributed by atoms with van der Waals surface area (Å²) < 4.78 is 3.51. The summed E-state index contributed by atoms with van der Waals surface area (Å²) in [5.41, 5.74) is 2.75. The van der Waals surface area contributed by atoms with Gasteiger partial charge in [-0.15, -0.1) is 11.3 Å². The van der Waals surface area contributed by atoms with Gasteiger partial charge in [-0.1, -0.05) is 6.92 Å². The number of halogens is 1. The average Bonchev–Trinajstić information content (AvgIpc) is 2.86. The van der Waals surface area contributed by atoms with Gasteiger partial charge in [-0.05, 0) is 53.2 Å². The van der Waals surface area contributed by atoms with Crippen molar-refractivity contribution in [2.24, 2.45) is 0 Å². The third kappa shape index (κ3) is 3.21. The van der Waals surface area contributed by atoms with Crippen LogP contribution < -0.4 is 5.32 Å². The van der Waals surface area contributed by atoms with Gasteiger partial charge in [0.25, 0.3) is 0 Å². The molecular weight excluding hydrogens is 296 g/mol. The molecule has 0 unspecified atom stereocenters. The lowest BCUT2D eigenvalue weighted by Gasteiger charge is -2.06. The molecule has 0 amide bonds. The van der Waals surface area contributed by atoms with Gasteiger partial charge in [0.15, 0.2) is 0 Å². The second-order valence-corrected chi connectivity index (χ2v) is 6.59. The summed E-state index contributed by atoms with van der Waals surface area (Å²) in [7, 11) is 0. The van der Waals surface area contributed by atoms with E-state index < -0.39 is 0 Å². The molecule has 17 heavy (non-hydrogen) atoms. The van der Waals surface area contributed by atoms with Crippen molar-refractivity contribution in [3.63, 3.8) is 0 Å². The maximum Gasteiger partial charge on any atom is 0.0702 e. The Balaban J connectivity index is 2.09. The van der Waals surface area contributed by atoms with Gasteiger partial charge >= 0.3 is 0 Å². The molecule has 0 aromatic carbocycles. The molecule has 0 atom stereocenters. The first-order valence-corrected chi connectivity index (χ1v) is 7.41. The van der Waals surface area contributed by atoms with E-state index in [1.807, 2.05) is 0 Å². The van der Waals surface area contributed by atoms with Crippen molar-refractivity contribution in [3.8, 4) is 0 Å². The Bertz CT molecular complexity index is 487. The van der Waals surface area contributed by atoms with Gasteiger partial charge in [0.2, 0.25) is 0 Å². The Morgan fingerprint density at radius 1 is 1.35 bits per heavy atom. The highest BCUT2D eigenvalue weighted by Crippen LogP contribution is 2.23. The van der Waals surface area contributed by atoms with E-state index in [1.54, 1.807) is 11.3 Å². The van der Waals surface area contributed by atoms with Crippen molar-refractivity contribution < 1.29 is 0 Å². The normalized spacial score (nSPS) is 11.0. The van der Waals surface area contributed by atoms with Crippen molar-refractivity contribution >= 4 is 27.3 Å². The van der Waals surface area contributed by atoms with Crippen LogP contribution in [0.3, 0.4) is 0 Å². The van der Waals surface area contributed by atoms with Crippen LogP contribution >= 0.6 is 27.3 Å². The van der Waals surface area contributed by atoms with Crippen molar-refractivity contribution in [1.82, 2.24) is 9.88 Å². The summed E-state index contributed by atoms with van der Waals surface area (Å²) in [6.45, 7) is 7.27. The predicted octanol–water partition coefficient (Wildman–Crippen LogP) is 3.78. The minimum Gasteiger partial charge on any atom is -0.346 e. The van der Waals surface area contributed by atoms with Crippen molar-refractivity contribution in [3.05, 3.63) is 44.3 Å². The van der Waals surface area contributed by atoms with E-state index in [4.69, 9.17) is 0 Å². The number of nitrogens with one attached hydrogen (secondary N) is 1. The van der Waals surface area contributed by atoms with Crippen LogP contribution in [-0.2, 0) is 13.1 Å². The number of rotatable bonds is 5. The van der Waals surface area contributed by atoms with Crippen molar-refractivity contribution in [2.75, 3.05) is 6.54 Å². The summed E-state index contributed by atoms with van der Waals surface area (Å²) in [6.07, 6.45) is 2.18. The minimum absolute atomic E-state index is 0.962. The number of aromatic nitrogens is 1. The van der Waals surface area contributed by atoms with E-state index in [0.717, 1.165) is 19.6 Å². The molecule has 0 saturated carbocycles. The smallest absolute Gasteiger partial charge is 0.0702 e. The standard InChI is InChI=1S/C13H17BrN2S/c1-3-15-8-11-6-7-16(10(11)2)9-12-4-5-13(14)17-12/h4-7,15H,3,8-9H2,1-2H3. The van der Waals surface area contributed by atoms with Crippen LogP contribution in [-0.4, -0.2) is 11.1 Å². The first-order valence-electron chi connectivity index (χ1n) is 5.80. The molecule has 0 spiro atoms. The number of thiophene rings is 1.